The Morgan fingerprint density at radius 3 is 2.63 bits per heavy atom. The Balaban J connectivity index is 1.64. The summed E-state index contributed by atoms with van der Waals surface area (Å²) < 4.78 is 0. The summed E-state index contributed by atoms with van der Waals surface area (Å²) in [6.07, 6.45) is 4.55. The van der Waals surface area contributed by atoms with Crippen LogP contribution in [0.3, 0.4) is 0 Å². The van der Waals surface area contributed by atoms with Crippen molar-refractivity contribution in [2.75, 3.05) is 26.2 Å². The van der Waals surface area contributed by atoms with Gasteiger partial charge in [-0.1, -0.05) is 27.7 Å². The van der Waals surface area contributed by atoms with Crippen LogP contribution in [-0.2, 0) is 14.4 Å². The molecule has 2 N–H and O–H groups in total. The van der Waals surface area contributed by atoms with Gasteiger partial charge in [0.05, 0.1) is 5.92 Å². The number of likely N-dealkylation sites (tertiary alicyclic amines) is 1. The Hall–Kier alpha value is -2.12. The van der Waals surface area contributed by atoms with Crippen LogP contribution >= 0.6 is 0 Å². The van der Waals surface area contributed by atoms with E-state index in [1.807, 2.05) is 6.92 Å². The molecular weight excluding hydrogens is 384 g/mol. The van der Waals surface area contributed by atoms with Crippen molar-refractivity contribution in [2.45, 2.75) is 71.8 Å². The first kappa shape index (κ1) is 22.6. The molecule has 8 heteroatoms. The molecule has 3 aliphatic rings. The minimum atomic E-state index is -0.900. The van der Waals surface area contributed by atoms with Crippen LogP contribution in [0, 0.1) is 17.3 Å². The zero-order valence-electron chi connectivity index (χ0n) is 18.8. The van der Waals surface area contributed by atoms with Crippen LogP contribution in [0.25, 0.3) is 0 Å². The fourth-order valence-electron chi connectivity index (χ4n) is 5.70. The number of imide groups is 1. The van der Waals surface area contributed by atoms with E-state index in [-0.39, 0.29) is 35.6 Å². The molecular formula is C22H36N4O4. The Kier molecular flexibility index (Phi) is 6.43. The first-order valence-corrected chi connectivity index (χ1v) is 11.3. The number of piperidine rings is 1. The third-order valence-electron chi connectivity index (χ3n) is 6.61. The standard InChI is InChI=1S/C22H36N4O4/c1-5-8-23-18(28)16-7-6-9-25(12-16)17(27)13-26-19(29)22(24-20(26)30)11-15(2)10-21(3,4)14-22/h15-16H,5-14H2,1-4H3,(H,23,28)(H,24,30). The Morgan fingerprint density at radius 1 is 1.23 bits per heavy atom. The summed E-state index contributed by atoms with van der Waals surface area (Å²) in [5.74, 6) is -0.495. The molecule has 1 saturated carbocycles. The zero-order valence-corrected chi connectivity index (χ0v) is 18.8. The van der Waals surface area contributed by atoms with Gasteiger partial charge < -0.3 is 15.5 Å². The summed E-state index contributed by atoms with van der Waals surface area (Å²) in [5.41, 5.74) is -0.949. The van der Waals surface area contributed by atoms with Crippen LogP contribution in [-0.4, -0.2) is 65.3 Å². The van der Waals surface area contributed by atoms with Gasteiger partial charge in [0, 0.05) is 19.6 Å². The molecule has 3 unspecified atom stereocenters. The second kappa shape index (κ2) is 8.55. The van der Waals surface area contributed by atoms with Gasteiger partial charge in [0.1, 0.15) is 12.1 Å². The summed E-state index contributed by atoms with van der Waals surface area (Å²) in [7, 11) is 0. The fraction of sp³-hybridized carbons (Fsp3) is 0.818. The molecule has 0 radical (unpaired) electrons. The van der Waals surface area contributed by atoms with Gasteiger partial charge in [-0.2, -0.15) is 0 Å². The van der Waals surface area contributed by atoms with Gasteiger partial charge >= 0.3 is 6.03 Å². The molecule has 168 valence electrons. The van der Waals surface area contributed by atoms with Crippen LogP contribution in [0.4, 0.5) is 4.79 Å². The number of nitrogens with one attached hydrogen (secondary N) is 2. The van der Waals surface area contributed by atoms with Crippen molar-refractivity contribution >= 4 is 23.8 Å². The number of rotatable bonds is 5. The summed E-state index contributed by atoms with van der Waals surface area (Å²) >= 11 is 0. The third kappa shape index (κ3) is 4.62. The number of carbonyl (C=O) groups is 4. The average Bonchev–Trinajstić information content (AvgIpc) is 2.87. The van der Waals surface area contributed by atoms with E-state index in [0.29, 0.717) is 38.4 Å². The second-order valence-corrected chi connectivity index (χ2v) is 10.2. The Bertz CT molecular complexity index is 722. The minimum absolute atomic E-state index is 0.0262. The lowest BCUT2D eigenvalue weighted by Gasteiger charge is -2.43. The molecule has 8 nitrogen and oxygen atoms in total. The summed E-state index contributed by atoms with van der Waals surface area (Å²) in [5, 5.41) is 5.81. The Labute approximate surface area is 179 Å². The van der Waals surface area contributed by atoms with E-state index >= 15 is 0 Å². The van der Waals surface area contributed by atoms with Gasteiger partial charge in [-0.25, -0.2) is 4.79 Å². The van der Waals surface area contributed by atoms with Crippen molar-refractivity contribution < 1.29 is 19.2 Å². The summed E-state index contributed by atoms with van der Waals surface area (Å²) in [6, 6.07) is -0.479. The van der Waals surface area contributed by atoms with Crippen molar-refractivity contribution in [2.24, 2.45) is 17.3 Å². The molecule has 0 aromatic rings. The van der Waals surface area contributed by atoms with Crippen molar-refractivity contribution in [3.63, 3.8) is 0 Å². The minimum Gasteiger partial charge on any atom is -0.356 e. The molecule has 3 fully saturated rings. The predicted octanol–water partition coefficient (Wildman–Crippen LogP) is 1.89. The smallest absolute Gasteiger partial charge is 0.325 e. The molecule has 1 aliphatic carbocycles. The lowest BCUT2D eigenvalue weighted by molar-refractivity contribution is -0.142. The molecule has 2 saturated heterocycles. The summed E-state index contributed by atoms with van der Waals surface area (Å²) in [4.78, 5) is 53.8. The molecule has 0 aromatic heterocycles. The zero-order chi connectivity index (χ0) is 22.1. The lowest BCUT2D eigenvalue weighted by Crippen LogP contribution is -2.54. The lowest BCUT2D eigenvalue weighted by atomic mass is 9.64. The molecule has 5 amide bonds. The monoisotopic (exact) mass is 420 g/mol. The highest BCUT2D eigenvalue weighted by Gasteiger charge is 2.56. The number of amides is 5. The van der Waals surface area contributed by atoms with Crippen molar-refractivity contribution in [3.05, 3.63) is 0 Å². The topological polar surface area (TPSA) is 98.8 Å². The van der Waals surface area contributed by atoms with Crippen LogP contribution < -0.4 is 10.6 Å². The quantitative estimate of drug-likeness (QED) is 0.664. The Morgan fingerprint density at radius 2 is 1.97 bits per heavy atom. The van der Waals surface area contributed by atoms with Crippen LogP contribution in [0.5, 0.6) is 0 Å². The molecule has 0 aromatic carbocycles. The third-order valence-corrected chi connectivity index (χ3v) is 6.61. The molecule has 2 aliphatic heterocycles. The van der Waals surface area contributed by atoms with E-state index in [1.165, 1.54) is 0 Å². The maximum atomic E-state index is 13.2. The molecule has 1 spiro atoms. The second-order valence-electron chi connectivity index (χ2n) is 10.2. The van der Waals surface area contributed by atoms with E-state index < -0.39 is 11.6 Å². The van der Waals surface area contributed by atoms with Crippen molar-refractivity contribution in [1.82, 2.24) is 20.4 Å². The van der Waals surface area contributed by atoms with Crippen molar-refractivity contribution in [3.8, 4) is 0 Å². The average molecular weight is 421 g/mol. The first-order valence-electron chi connectivity index (χ1n) is 11.3. The van der Waals surface area contributed by atoms with Gasteiger partial charge in [0.25, 0.3) is 5.91 Å². The molecule has 3 rings (SSSR count). The number of hydrogen-bond acceptors (Lipinski definition) is 4. The van der Waals surface area contributed by atoms with Crippen LogP contribution in [0.15, 0.2) is 0 Å². The SMILES string of the molecule is CCCNC(=O)C1CCCN(C(=O)CN2C(=O)NC3(CC(C)CC(C)(C)C3)C2=O)C1. The maximum Gasteiger partial charge on any atom is 0.325 e. The van der Waals surface area contributed by atoms with Gasteiger partial charge in [0.2, 0.25) is 11.8 Å². The number of nitrogens with zero attached hydrogens (tertiary/aromatic N) is 2. The molecule has 2 heterocycles. The van der Waals surface area contributed by atoms with E-state index in [4.69, 9.17) is 0 Å². The number of carbonyl (C=O) groups excluding carboxylic acids is 4. The van der Waals surface area contributed by atoms with E-state index in [2.05, 4.69) is 31.4 Å². The number of urea groups is 1. The fourth-order valence-corrected chi connectivity index (χ4v) is 5.70. The highest BCUT2D eigenvalue weighted by molar-refractivity contribution is 6.09. The molecule has 0 bridgehead atoms. The first-order chi connectivity index (χ1) is 14.1. The van der Waals surface area contributed by atoms with Gasteiger partial charge in [-0.15, -0.1) is 0 Å². The van der Waals surface area contributed by atoms with Gasteiger partial charge in [0.15, 0.2) is 0 Å². The molecule has 30 heavy (non-hydrogen) atoms. The molecule has 3 atom stereocenters. The van der Waals surface area contributed by atoms with Gasteiger partial charge in [-0.3, -0.25) is 19.3 Å². The predicted molar refractivity (Wildman–Crippen MR) is 112 cm³/mol. The van der Waals surface area contributed by atoms with E-state index in [1.54, 1.807) is 4.90 Å². The highest BCUT2D eigenvalue weighted by atomic mass is 16.2. The van der Waals surface area contributed by atoms with E-state index in [0.717, 1.165) is 30.6 Å². The summed E-state index contributed by atoms with van der Waals surface area (Å²) in [6.45, 7) is 9.60. The number of hydrogen-bond donors (Lipinski definition) is 2. The van der Waals surface area contributed by atoms with E-state index in [9.17, 15) is 19.2 Å². The normalized spacial score (nSPS) is 31.1. The van der Waals surface area contributed by atoms with Crippen molar-refractivity contribution in [1.29, 1.82) is 0 Å². The van der Waals surface area contributed by atoms with Crippen LogP contribution in [0.2, 0.25) is 0 Å². The maximum absolute atomic E-state index is 13.2. The highest BCUT2D eigenvalue weighted by Crippen LogP contribution is 2.46. The van der Waals surface area contributed by atoms with Gasteiger partial charge in [-0.05, 0) is 49.9 Å². The largest absolute Gasteiger partial charge is 0.356 e. The van der Waals surface area contributed by atoms with Crippen LogP contribution in [0.1, 0.15) is 66.2 Å².